The van der Waals surface area contributed by atoms with E-state index in [1.165, 1.54) is 30.4 Å². The number of aryl methyl sites for hydroxylation is 2. The first-order valence-electron chi connectivity index (χ1n) is 11.7. The third kappa shape index (κ3) is 9.83. The van der Waals surface area contributed by atoms with Crippen molar-refractivity contribution >= 4 is 11.9 Å². The normalized spacial score (nSPS) is 19.9. The Hall–Kier alpha value is -1.92. The molecule has 1 fully saturated rings. The molecule has 1 saturated heterocycles. The molecule has 2 rings (SSSR count). The van der Waals surface area contributed by atoms with Crippen molar-refractivity contribution in [2.75, 3.05) is 27.7 Å². The standard InChI is InChI=1S/C25H40N2O4/c1-5-6-7-8-19-9-11-20(12-10-19)13-14-22-15-16-23(31-22)25(30)26-21(17-24(28)29)18-27(2,3)4/h9-12,21-23H,5-8,13-18H2,1-4H3,(H-,26,28,29,30)/p+1/t21?,22?,23-/m1/s1. The number of benzene rings is 1. The van der Waals surface area contributed by atoms with Crippen LogP contribution in [0.3, 0.4) is 0 Å². The van der Waals surface area contributed by atoms with Gasteiger partial charge >= 0.3 is 5.97 Å². The minimum atomic E-state index is -0.902. The molecular formula is C25H41N2O4+. The van der Waals surface area contributed by atoms with Gasteiger partial charge in [0.1, 0.15) is 6.10 Å². The van der Waals surface area contributed by atoms with Crippen LogP contribution in [-0.4, -0.2) is 67.4 Å². The second-order valence-corrected chi connectivity index (χ2v) is 9.91. The second kappa shape index (κ2) is 12.2. The van der Waals surface area contributed by atoms with Crippen LogP contribution >= 0.6 is 0 Å². The van der Waals surface area contributed by atoms with Gasteiger partial charge in [-0.2, -0.15) is 0 Å². The predicted octanol–water partition coefficient (Wildman–Crippen LogP) is 3.57. The van der Waals surface area contributed by atoms with E-state index >= 15 is 0 Å². The highest BCUT2D eigenvalue weighted by atomic mass is 16.5. The zero-order valence-corrected chi connectivity index (χ0v) is 19.7. The van der Waals surface area contributed by atoms with Crippen molar-refractivity contribution in [3.8, 4) is 0 Å². The number of unbranched alkanes of at least 4 members (excludes halogenated alkanes) is 2. The van der Waals surface area contributed by atoms with E-state index in [2.05, 4.69) is 36.5 Å². The summed E-state index contributed by atoms with van der Waals surface area (Å²) in [6, 6.07) is 8.48. The molecular weight excluding hydrogens is 392 g/mol. The number of amides is 1. The van der Waals surface area contributed by atoms with Gasteiger partial charge in [0.05, 0.1) is 46.3 Å². The van der Waals surface area contributed by atoms with Crippen LogP contribution in [0, 0.1) is 0 Å². The topological polar surface area (TPSA) is 75.6 Å². The molecule has 1 heterocycles. The fraction of sp³-hybridized carbons (Fsp3) is 0.680. The maximum atomic E-state index is 12.7. The first kappa shape index (κ1) is 25.3. The van der Waals surface area contributed by atoms with Crippen LogP contribution in [-0.2, 0) is 27.2 Å². The third-order valence-corrected chi connectivity index (χ3v) is 5.78. The number of hydrogen-bond donors (Lipinski definition) is 2. The summed E-state index contributed by atoms with van der Waals surface area (Å²) in [5.41, 5.74) is 2.70. The Morgan fingerprint density at radius 1 is 1.10 bits per heavy atom. The van der Waals surface area contributed by atoms with E-state index in [9.17, 15) is 9.59 Å². The maximum Gasteiger partial charge on any atom is 0.305 e. The molecule has 0 bridgehead atoms. The van der Waals surface area contributed by atoms with Crippen molar-refractivity contribution in [2.24, 2.45) is 0 Å². The number of aliphatic carboxylic acids is 1. The molecule has 3 atom stereocenters. The molecule has 2 N–H and O–H groups in total. The summed E-state index contributed by atoms with van der Waals surface area (Å²) >= 11 is 0. The zero-order valence-electron chi connectivity index (χ0n) is 19.7. The highest BCUT2D eigenvalue weighted by Crippen LogP contribution is 2.24. The Morgan fingerprint density at radius 3 is 2.32 bits per heavy atom. The van der Waals surface area contributed by atoms with Gasteiger partial charge in [-0.1, -0.05) is 44.0 Å². The van der Waals surface area contributed by atoms with Gasteiger partial charge in [-0.15, -0.1) is 0 Å². The molecule has 1 aromatic rings. The van der Waals surface area contributed by atoms with Gasteiger partial charge in [-0.25, -0.2) is 0 Å². The molecule has 0 saturated carbocycles. The summed E-state index contributed by atoms with van der Waals surface area (Å²) < 4.78 is 6.59. The minimum Gasteiger partial charge on any atom is -0.481 e. The Balaban J connectivity index is 1.77. The highest BCUT2D eigenvalue weighted by Gasteiger charge is 2.33. The fourth-order valence-corrected chi connectivity index (χ4v) is 4.22. The van der Waals surface area contributed by atoms with E-state index in [-0.39, 0.29) is 18.4 Å². The molecule has 6 nitrogen and oxygen atoms in total. The molecule has 1 aliphatic rings. The van der Waals surface area contributed by atoms with Gasteiger partial charge in [0, 0.05) is 0 Å². The van der Waals surface area contributed by atoms with Crippen molar-refractivity contribution in [1.82, 2.24) is 5.32 Å². The summed E-state index contributed by atoms with van der Waals surface area (Å²) in [5.74, 6) is -1.08. The number of carboxylic acids is 1. The number of nitrogens with one attached hydrogen (secondary N) is 1. The number of carbonyl (C=O) groups excluding carboxylic acids is 1. The van der Waals surface area contributed by atoms with Gasteiger partial charge in [0.25, 0.3) is 0 Å². The van der Waals surface area contributed by atoms with Gasteiger partial charge < -0.3 is 19.6 Å². The number of likely N-dealkylation sites (N-methyl/N-ethyl adjacent to an activating group) is 1. The van der Waals surface area contributed by atoms with Crippen molar-refractivity contribution in [3.63, 3.8) is 0 Å². The number of hydrogen-bond acceptors (Lipinski definition) is 3. The number of carbonyl (C=O) groups is 2. The van der Waals surface area contributed by atoms with Crippen LogP contribution in [0.1, 0.15) is 63.0 Å². The quantitative estimate of drug-likeness (QED) is 0.368. The number of carboxylic acid groups (broad SMARTS) is 1. The van der Waals surface area contributed by atoms with Gasteiger partial charge in [-0.05, 0) is 49.7 Å². The maximum absolute atomic E-state index is 12.7. The van der Waals surface area contributed by atoms with Crippen LogP contribution in [0.4, 0.5) is 0 Å². The Morgan fingerprint density at radius 2 is 1.74 bits per heavy atom. The van der Waals surface area contributed by atoms with Crippen LogP contribution in [0.25, 0.3) is 0 Å². The van der Waals surface area contributed by atoms with E-state index in [4.69, 9.17) is 9.84 Å². The molecule has 0 aliphatic carbocycles. The van der Waals surface area contributed by atoms with E-state index in [0.717, 1.165) is 25.7 Å². The first-order valence-corrected chi connectivity index (χ1v) is 11.7. The minimum absolute atomic E-state index is 0.0775. The average Bonchev–Trinajstić information content (AvgIpc) is 3.15. The largest absolute Gasteiger partial charge is 0.481 e. The van der Waals surface area contributed by atoms with Gasteiger partial charge in [-0.3, -0.25) is 9.59 Å². The molecule has 31 heavy (non-hydrogen) atoms. The third-order valence-electron chi connectivity index (χ3n) is 5.78. The van der Waals surface area contributed by atoms with Crippen molar-refractivity contribution < 1.29 is 23.9 Å². The lowest BCUT2D eigenvalue weighted by Crippen LogP contribution is -2.51. The number of rotatable bonds is 13. The van der Waals surface area contributed by atoms with Crippen LogP contribution in [0.5, 0.6) is 0 Å². The number of ether oxygens (including phenoxy) is 1. The Bertz CT molecular complexity index is 696. The van der Waals surface area contributed by atoms with E-state index in [0.29, 0.717) is 17.4 Å². The molecule has 0 radical (unpaired) electrons. The molecule has 0 spiro atoms. The van der Waals surface area contributed by atoms with E-state index in [1.54, 1.807) is 0 Å². The lowest BCUT2D eigenvalue weighted by Gasteiger charge is -2.29. The van der Waals surface area contributed by atoms with Gasteiger partial charge in [0.2, 0.25) is 5.91 Å². The van der Waals surface area contributed by atoms with Crippen LogP contribution in [0.15, 0.2) is 24.3 Å². The lowest BCUT2D eigenvalue weighted by atomic mass is 10.0. The summed E-state index contributed by atoms with van der Waals surface area (Å²) in [6.07, 6.45) is 7.84. The Labute approximate surface area is 187 Å². The monoisotopic (exact) mass is 433 g/mol. The Kier molecular flexibility index (Phi) is 9.97. The summed E-state index contributed by atoms with van der Waals surface area (Å²) in [4.78, 5) is 23.8. The molecule has 2 unspecified atom stereocenters. The second-order valence-electron chi connectivity index (χ2n) is 9.91. The fourth-order valence-electron chi connectivity index (χ4n) is 4.22. The highest BCUT2D eigenvalue weighted by molar-refractivity contribution is 5.82. The molecule has 1 aliphatic heterocycles. The van der Waals surface area contributed by atoms with Crippen molar-refractivity contribution in [1.29, 1.82) is 0 Å². The predicted molar refractivity (Wildman–Crippen MR) is 123 cm³/mol. The summed E-state index contributed by atoms with van der Waals surface area (Å²) in [6.45, 7) is 2.78. The van der Waals surface area contributed by atoms with E-state index < -0.39 is 18.1 Å². The number of nitrogens with zero attached hydrogens (tertiary/aromatic N) is 1. The summed E-state index contributed by atoms with van der Waals surface area (Å²) in [7, 11) is 5.96. The molecule has 6 heteroatoms. The zero-order chi connectivity index (χ0) is 22.9. The molecule has 1 amide bonds. The van der Waals surface area contributed by atoms with Gasteiger partial charge in [0.15, 0.2) is 0 Å². The molecule has 174 valence electrons. The SMILES string of the molecule is CCCCCc1ccc(CCC2CC[C@H](C(=O)NC(CC(=O)O)C[N+](C)(C)C)O2)cc1. The number of quaternary nitrogens is 1. The van der Waals surface area contributed by atoms with Crippen LogP contribution < -0.4 is 5.32 Å². The average molecular weight is 434 g/mol. The van der Waals surface area contributed by atoms with Crippen LogP contribution in [0.2, 0.25) is 0 Å². The van der Waals surface area contributed by atoms with Crippen molar-refractivity contribution in [2.45, 2.75) is 83.0 Å². The lowest BCUT2D eigenvalue weighted by molar-refractivity contribution is -0.871. The molecule has 0 aromatic heterocycles. The first-order chi connectivity index (χ1) is 14.7. The van der Waals surface area contributed by atoms with E-state index in [1.807, 2.05) is 21.1 Å². The van der Waals surface area contributed by atoms with Crippen molar-refractivity contribution in [3.05, 3.63) is 35.4 Å². The smallest absolute Gasteiger partial charge is 0.305 e. The molecule has 1 aromatic carbocycles. The summed E-state index contributed by atoms with van der Waals surface area (Å²) in [5, 5.41) is 12.1.